The molecule has 2 rings (SSSR count). The van der Waals surface area contributed by atoms with E-state index in [0.717, 1.165) is 23.8 Å². The lowest BCUT2D eigenvalue weighted by atomic mass is 10.1. The van der Waals surface area contributed by atoms with Crippen LogP contribution in [-0.2, 0) is 4.79 Å². The van der Waals surface area contributed by atoms with Crippen LogP contribution in [-0.4, -0.2) is 28.9 Å². The molecule has 1 aliphatic carbocycles. The summed E-state index contributed by atoms with van der Waals surface area (Å²) in [6, 6.07) is 0. The van der Waals surface area contributed by atoms with Gasteiger partial charge in [-0.2, -0.15) is 0 Å². The SMILES string of the molecule is C=CC(=O)N(CC(C)c1nc(C)cs1)CC1(C)CC1. The highest BCUT2D eigenvalue weighted by Crippen LogP contribution is 2.45. The average molecular weight is 278 g/mol. The van der Waals surface area contributed by atoms with Crippen molar-refractivity contribution < 1.29 is 4.79 Å². The van der Waals surface area contributed by atoms with Crippen molar-refractivity contribution in [3.8, 4) is 0 Å². The van der Waals surface area contributed by atoms with Gasteiger partial charge in [0.05, 0.1) is 5.01 Å². The fourth-order valence-electron chi connectivity index (χ4n) is 2.20. The highest BCUT2D eigenvalue weighted by atomic mass is 32.1. The number of hydrogen-bond donors (Lipinski definition) is 0. The first kappa shape index (κ1) is 14.3. The molecule has 1 saturated carbocycles. The molecule has 1 aliphatic rings. The van der Waals surface area contributed by atoms with Gasteiger partial charge in [-0.05, 0) is 31.3 Å². The first-order valence-corrected chi connectivity index (χ1v) is 7.65. The van der Waals surface area contributed by atoms with Crippen LogP contribution >= 0.6 is 11.3 Å². The van der Waals surface area contributed by atoms with Crippen LogP contribution in [0.4, 0.5) is 0 Å². The van der Waals surface area contributed by atoms with Gasteiger partial charge < -0.3 is 4.90 Å². The topological polar surface area (TPSA) is 33.2 Å². The summed E-state index contributed by atoms with van der Waals surface area (Å²) in [4.78, 5) is 18.4. The molecule has 1 aromatic heterocycles. The predicted molar refractivity (Wildman–Crippen MR) is 79.4 cm³/mol. The second kappa shape index (κ2) is 5.45. The summed E-state index contributed by atoms with van der Waals surface area (Å²) in [7, 11) is 0. The number of hydrogen-bond acceptors (Lipinski definition) is 3. The molecule has 1 fully saturated rings. The summed E-state index contributed by atoms with van der Waals surface area (Å²) in [5, 5.41) is 3.17. The molecular formula is C15H22N2OS. The number of carbonyl (C=O) groups is 1. The summed E-state index contributed by atoms with van der Waals surface area (Å²) in [5.74, 6) is 0.318. The Morgan fingerprint density at radius 1 is 1.68 bits per heavy atom. The molecule has 1 aromatic rings. The van der Waals surface area contributed by atoms with Crippen LogP contribution < -0.4 is 0 Å². The minimum Gasteiger partial charge on any atom is -0.338 e. The normalized spacial score (nSPS) is 17.8. The van der Waals surface area contributed by atoms with Gasteiger partial charge in [0.1, 0.15) is 0 Å². The fraction of sp³-hybridized carbons (Fsp3) is 0.600. The van der Waals surface area contributed by atoms with Crippen molar-refractivity contribution in [3.63, 3.8) is 0 Å². The number of thiazole rings is 1. The van der Waals surface area contributed by atoms with E-state index in [1.54, 1.807) is 11.3 Å². The molecular weight excluding hydrogens is 256 g/mol. The third kappa shape index (κ3) is 3.66. The van der Waals surface area contributed by atoms with Crippen LogP contribution in [0.1, 0.15) is 43.3 Å². The van der Waals surface area contributed by atoms with Gasteiger partial charge in [-0.3, -0.25) is 4.79 Å². The number of nitrogens with zero attached hydrogens (tertiary/aromatic N) is 2. The molecule has 1 unspecified atom stereocenters. The van der Waals surface area contributed by atoms with Crippen LogP contribution in [0.2, 0.25) is 0 Å². The summed E-state index contributed by atoms with van der Waals surface area (Å²) in [6.45, 7) is 11.6. The fourth-order valence-corrected chi connectivity index (χ4v) is 3.05. The lowest BCUT2D eigenvalue weighted by molar-refractivity contribution is -0.127. The number of aromatic nitrogens is 1. The monoisotopic (exact) mass is 278 g/mol. The van der Waals surface area contributed by atoms with Crippen molar-refractivity contribution in [1.29, 1.82) is 0 Å². The van der Waals surface area contributed by atoms with Gasteiger partial charge in [-0.25, -0.2) is 4.98 Å². The lowest BCUT2D eigenvalue weighted by Gasteiger charge is -2.27. The minimum absolute atomic E-state index is 0.0354. The Kier molecular flexibility index (Phi) is 4.09. The van der Waals surface area contributed by atoms with E-state index in [1.165, 1.54) is 18.9 Å². The molecule has 0 radical (unpaired) electrons. The Labute approximate surface area is 119 Å². The standard InChI is InChI=1S/C15H22N2OS/c1-5-13(18)17(10-15(4)6-7-15)8-11(2)14-16-12(3)9-19-14/h5,9,11H,1,6-8,10H2,2-4H3. The van der Waals surface area contributed by atoms with Gasteiger partial charge in [-0.1, -0.05) is 20.4 Å². The predicted octanol–water partition coefficient (Wildman–Crippen LogP) is 3.37. The van der Waals surface area contributed by atoms with Crippen LogP contribution in [0, 0.1) is 12.3 Å². The largest absolute Gasteiger partial charge is 0.338 e. The molecule has 1 atom stereocenters. The molecule has 19 heavy (non-hydrogen) atoms. The van der Waals surface area contributed by atoms with Gasteiger partial charge in [0.2, 0.25) is 5.91 Å². The Bertz CT molecular complexity index is 476. The Balaban J connectivity index is 2.02. The minimum atomic E-state index is 0.0354. The van der Waals surface area contributed by atoms with Crippen LogP contribution in [0.25, 0.3) is 0 Å². The molecule has 0 aliphatic heterocycles. The van der Waals surface area contributed by atoms with E-state index >= 15 is 0 Å². The van der Waals surface area contributed by atoms with Crippen molar-refractivity contribution >= 4 is 17.2 Å². The number of amides is 1. The zero-order chi connectivity index (χ0) is 14.0. The van der Waals surface area contributed by atoms with Crippen molar-refractivity contribution in [2.45, 2.75) is 39.5 Å². The molecule has 0 bridgehead atoms. The number of aryl methyl sites for hydroxylation is 1. The maximum absolute atomic E-state index is 12.0. The maximum Gasteiger partial charge on any atom is 0.245 e. The van der Waals surface area contributed by atoms with Crippen LogP contribution in [0.15, 0.2) is 18.0 Å². The van der Waals surface area contributed by atoms with Crippen molar-refractivity contribution in [2.75, 3.05) is 13.1 Å². The van der Waals surface area contributed by atoms with E-state index in [0.29, 0.717) is 5.41 Å². The van der Waals surface area contributed by atoms with E-state index in [4.69, 9.17) is 0 Å². The highest BCUT2D eigenvalue weighted by molar-refractivity contribution is 7.09. The second-order valence-electron chi connectivity index (χ2n) is 5.96. The lowest BCUT2D eigenvalue weighted by Crippen LogP contribution is -2.36. The maximum atomic E-state index is 12.0. The molecule has 104 valence electrons. The highest BCUT2D eigenvalue weighted by Gasteiger charge is 2.39. The van der Waals surface area contributed by atoms with Gasteiger partial charge >= 0.3 is 0 Å². The molecule has 3 nitrogen and oxygen atoms in total. The molecule has 4 heteroatoms. The summed E-state index contributed by atoms with van der Waals surface area (Å²) in [5.41, 5.74) is 1.39. The van der Waals surface area contributed by atoms with E-state index in [2.05, 4.69) is 30.8 Å². The Morgan fingerprint density at radius 3 is 2.84 bits per heavy atom. The molecule has 1 amide bonds. The van der Waals surface area contributed by atoms with Crippen LogP contribution in [0.3, 0.4) is 0 Å². The zero-order valence-corrected chi connectivity index (χ0v) is 12.8. The van der Waals surface area contributed by atoms with E-state index < -0.39 is 0 Å². The summed E-state index contributed by atoms with van der Waals surface area (Å²) >= 11 is 1.68. The van der Waals surface area contributed by atoms with E-state index in [9.17, 15) is 4.79 Å². The van der Waals surface area contributed by atoms with Crippen molar-refractivity contribution in [2.24, 2.45) is 5.41 Å². The van der Waals surface area contributed by atoms with Crippen molar-refractivity contribution in [1.82, 2.24) is 9.88 Å². The van der Waals surface area contributed by atoms with Gasteiger partial charge in [-0.15, -0.1) is 11.3 Å². The Hall–Kier alpha value is -1.16. The smallest absolute Gasteiger partial charge is 0.245 e. The van der Waals surface area contributed by atoms with Crippen LogP contribution in [0.5, 0.6) is 0 Å². The van der Waals surface area contributed by atoms with Gasteiger partial charge in [0.15, 0.2) is 0 Å². The second-order valence-corrected chi connectivity index (χ2v) is 6.85. The zero-order valence-electron chi connectivity index (χ0n) is 12.0. The van der Waals surface area contributed by atoms with E-state index in [-0.39, 0.29) is 11.8 Å². The molecule has 0 aromatic carbocycles. The first-order chi connectivity index (χ1) is 8.93. The van der Waals surface area contributed by atoms with E-state index in [1.807, 2.05) is 11.8 Å². The molecule has 0 spiro atoms. The van der Waals surface area contributed by atoms with Gasteiger partial charge in [0.25, 0.3) is 0 Å². The molecule has 0 N–H and O–H groups in total. The summed E-state index contributed by atoms with van der Waals surface area (Å²) < 4.78 is 0. The number of carbonyl (C=O) groups excluding carboxylic acids is 1. The first-order valence-electron chi connectivity index (χ1n) is 6.77. The summed E-state index contributed by atoms with van der Waals surface area (Å²) in [6.07, 6.45) is 3.86. The quantitative estimate of drug-likeness (QED) is 0.747. The Morgan fingerprint density at radius 2 is 2.37 bits per heavy atom. The number of rotatable bonds is 6. The van der Waals surface area contributed by atoms with Crippen molar-refractivity contribution in [3.05, 3.63) is 28.7 Å². The molecule has 0 saturated heterocycles. The van der Waals surface area contributed by atoms with Gasteiger partial charge in [0, 0.05) is 30.1 Å². The molecule has 1 heterocycles. The third-order valence-electron chi connectivity index (χ3n) is 3.72. The third-order valence-corrected chi connectivity index (χ3v) is 4.91. The average Bonchev–Trinajstić information content (AvgIpc) is 2.93.